The first-order valence-electron chi connectivity index (χ1n) is 7.83. The van der Waals surface area contributed by atoms with E-state index in [0.29, 0.717) is 17.6 Å². The number of hydrogen-bond acceptors (Lipinski definition) is 3. The van der Waals surface area contributed by atoms with E-state index in [1.807, 2.05) is 0 Å². The van der Waals surface area contributed by atoms with Gasteiger partial charge in [0.25, 0.3) is 0 Å². The summed E-state index contributed by atoms with van der Waals surface area (Å²) in [5.41, 5.74) is 0. The first kappa shape index (κ1) is 16.6. The van der Waals surface area contributed by atoms with Crippen LogP contribution in [0.25, 0.3) is 0 Å². The molecule has 1 saturated carbocycles. The Labute approximate surface area is 119 Å². The summed E-state index contributed by atoms with van der Waals surface area (Å²) >= 11 is 0. The molecule has 3 atom stereocenters. The zero-order chi connectivity index (χ0) is 14.4. The van der Waals surface area contributed by atoms with E-state index < -0.39 is 0 Å². The molecule has 3 nitrogen and oxygen atoms in total. The molecule has 0 N–H and O–H groups in total. The number of hydrogen-bond donors (Lipinski definition) is 0. The third kappa shape index (κ3) is 5.62. The quantitative estimate of drug-likeness (QED) is 0.709. The van der Waals surface area contributed by atoms with Crippen LogP contribution < -0.4 is 0 Å². The average molecular weight is 268 g/mol. The number of nitrogens with zero attached hydrogens (tertiary/aromatic N) is 2. The molecule has 0 radical (unpaired) electrons. The molecule has 0 saturated heterocycles. The molecule has 0 spiro atoms. The van der Waals surface area contributed by atoms with Crippen LogP contribution in [0, 0.1) is 17.8 Å². The van der Waals surface area contributed by atoms with Gasteiger partial charge in [-0.15, -0.1) is 0 Å². The molecule has 0 aromatic rings. The lowest BCUT2D eigenvalue weighted by molar-refractivity contribution is -0.128. The van der Waals surface area contributed by atoms with Gasteiger partial charge in [0.2, 0.25) is 0 Å². The number of rotatable bonds is 7. The van der Waals surface area contributed by atoms with Crippen molar-refractivity contribution in [3.05, 3.63) is 0 Å². The zero-order valence-corrected chi connectivity index (χ0v) is 13.5. The lowest BCUT2D eigenvalue weighted by Gasteiger charge is -2.35. The summed E-state index contributed by atoms with van der Waals surface area (Å²) in [4.78, 5) is 16.9. The van der Waals surface area contributed by atoms with Crippen molar-refractivity contribution < 1.29 is 4.79 Å². The molecular formula is C16H32N2O. The second-order valence-electron chi connectivity index (χ2n) is 6.65. The van der Waals surface area contributed by atoms with E-state index in [1.165, 1.54) is 12.8 Å². The predicted molar refractivity (Wildman–Crippen MR) is 81.3 cm³/mol. The number of carbonyl (C=O) groups is 1. The molecule has 0 aromatic carbocycles. The number of Topliss-reactive ketones (excluding diaryl/α,β-unsaturated/α-hetero) is 1. The minimum atomic E-state index is 0.274. The van der Waals surface area contributed by atoms with E-state index in [1.54, 1.807) is 0 Å². The van der Waals surface area contributed by atoms with Crippen LogP contribution in [0.2, 0.25) is 0 Å². The molecule has 0 heterocycles. The predicted octanol–water partition coefficient (Wildman–Crippen LogP) is 2.51. The first-order chi connectivity index (χ1) is 8.93. The molecule has 0 aromatic heterocycles. The van der Waals surface area contributed by atoms with Crippen LogP contribution in [0.15, 0.2) is 0 Å². The molecule has 0 bridgehead atoms. The minimum Gasteiger partial charge on any atom is -0.309 e. The highest BCUT2D eigenvalue weighted by Gasteiger charge is 2.33. The SMILES string of the molecule is CCN(CCCN(C)C)CC1C(=O)CC(C)CC1C. The van der Waals surface area contributed by atoms with Crippen LogP contribution in [0.5, 0.6) is 0 Å². The molecule has 0 aliphatic heterocycles. The van der Waals surface area contributed by atoms with Crippen molar-refractivity contribution in [3.8, 4) is 0 Å². The smallest absolute Gasteiger partial charge is 0.137 e. The standard InChI is InChI=1S/C16H32N2O/c1-6-18(9-7-8-17(4)5)12-15-14(3)10-13(2)11-16(15)19/h13-15H,6-12H2,1-5H3. The van der Waals surface area contributed by atoms with Gasteiger partial charge in [0.15, 0.2) is 0 Å². The van der Waals surface area contributed by atoms with Crippen molar-refractivity contribution in [2.75, 3.05) is 40.3 Å². The highest BCUT2D eigenvalue weighted by Crippen LogP contribution is 2.31. The summed E-state index contributed by atoms with van der Waals surface area (Å²) in [5, 5.41) is 0. The Hall–Kier alpha value is -0.410. The normalized spacial score (nSPS) is 28.4. The molecule has 3 unspecified atom stereocenters. The van der Waals surface area contributed by atoms with E-state index in [-0.39, 0.29) is 5.92 Å². The maximum Gasteiger partial charge on any atom is 0.137 e. The van der Waals surface area contributed by atoms with E-state index in [2.05, 4.69) is 44.7 Å². The largest absolute Gasteiger partial charge is 0.309 e. The number of carbonyl (C=O) groups excluding carboxylic acids is 1. The Morgan fingerprint density at radius 1 is 1.21 bits per heavy atom. The Morgan fingerprint density at radius 2 is 1.89 bits per heavy atom. The molecule has 1 aliphatic rings. The Kier molecular flexibility index (Phi) is 7.01. The maximum absolute atomic E-state index is 12.2. The zero-order valence-electron chi connectivity index (χ0n) is 13.5. The van der Waals surface area contributed by atoms with Gasteiger partial charge in [0.1, 0.15) is 5.78 Å². The van der Waals surface area contributed by atoms with Gasteiger partial charge in [0.05, 0.1) is 0 Å². The molecule has 1 rings (SSSR count). The summed E-state index contributed by atoms with van der Waals surface area (Å²) in [6.45, 7) is 10.9. The van der Waals surface area contributed by atoms with Crippen LogP contribution >= 0.6 is 0 Å². The fraction of sp³-hybridized carbons (Fsp3) is 0.938. The second kappa shape index (κ2) is 8.01. The summed E-state index contributed by atoms with van der Waals surface area (Å²) < 4.78 is 0. The Morgan fingerprint density at radius 3 is 2.42 bits per heavy atom. The van der Waals surface area contributed by atoms with Crippen LogP contribution in [-0.4, -0.2) is 55.9 Å². The average Bonchev–Trinajstić information content (AvgIpc) is 2.30. The third-order valence-corrected chi connectivity index (χ3v) is 4.41. The van der Waals surface area contributed by atoms with Crippen molar-refractivity contribution in [2.24, 2.45) is 17.8 Å². The summed E-state index contributed by atoms with van der Waals surface area (Å²) in [6.07, 6.45) is 3.20. The van der Waals surface area contributed by atoms with Crippen LogP contribution in [0.1, 0.15) is 40.0 Å². The van der Waals surface area contributed by atoms with E-state index >= 15 is 0 Å². The van der Waals surface area contributed by atoms with Crippen LogP contribution in [-0.2, 0) is 4.79 Å². The fourth-order valence-electron chi connectivity index (χ4n) is 3.24. The lowest BCUT2D eigenvalue weighted by Crippen LogP contribution is -2.41. The topological polar surface area (TPSA) is 23.6 Å². The molecule has 112 valence electrons. The monoisotopic (exact) mass is 268 g/mol. The minimum absolute atomic E-state index is 0.274. The summed E-state index contributed by atoms with van der Waals surface area (Å²) in [6, 6.07) is 0. The maximum atomic E-state index is 12.2. The molecular weight excluding hydrogens is 236 g/mol. The van der Waals surface area contributed by atoms with Gasteiger partial charge in [0, 0.05) is 18.9 Å². The van der Waals surface area contributed by atoms with Gasteiger partial charge in [-0.1, -0.05) is 20.8 Å². The number of ketones is 1. The highest BCUT2D eigenvalue weighted by atomic mass is 16.1. The molecule has 3 heteroatoms. The highest BCUT2D eigenvalue weighted by molar-refractivity contribution is 5.82. The van der Waals surface area contributed by atoms with Crippen molar-refractivity contribution in [3.63, 3.8) is 0 Å². The van der Waals surface area contributed by atoms with Gasteiger partial charge in [-0.3, -0.25) is 4.79 Å². The van der Waals surface area contributed by atoms with E-state index in [0.717, 1.165) is 32.6 Å². The van der Waals surface area contributed by atoms with Gasteiger partial charge < -0.3 is 9.80 Å². The lowest BCUT2D eigenvalue weighted by atomic mass is 9.74. The third-order valence-electron chi connectivity index (χ3n) is 4.41. The van der Waals surface area contributed by atoms with Gasteiger partial charge in [-0.25, -0.2) is 0 Å². The molecule has 0 amide bonds. The molecule has 1 aliphatic carbocycles. The second-order valence-corrected chi connectivity index (χ2v) is 6.65. The van der Waals surface area contributed by atoms with Crippen molar-refractivity contribution in [2.45, 2.75) is 40.0 Å². The fourth-order valence-corrected chi connectivity index (χ4v) is 3.24. The van der Waals surface area contributed by atoms with Gasteiger partial charge in [-0.05, 0) is 58.4 Å². The molecule has 19 heavy (non-hydrogen) atoms. The van der Waals surface area contributed by atoms with Crippen molar-refractivity contribution in [1.29, 1.82) is 0 Å². The Balaban J connectivity index is 2.43. The van der Waals surface area contributed by atoms with Gasteiger partial charge >= 0.3 is 0 Å². The molecule has 1 fully saturated rings. The van der Waals surface area contributed by atoms with Crippen molar-refractivity contribution in [1.82, 2.24) is 9.80 Å². The van der Waals surface area contributed by atoms with E-state index in [9.17, 15) is 4.79 Å². The first-order valence-corrected chi connectivity index (χ1v) is 7.83. The van der Waals surface area contributed by atoms with Crippen LogP contribution in [0.3, 0.4) is 0 Å². The van der Waals surface area contributed by atoms with Crippen LogP contribution in [0.4, 0.5) is 0 Å². The van der Waals surface area contributed by atoms with Crippen molar-refractivity contribution >= 4 is 5.78 Å². The summed E-state index contributed by atoms with van der Waals surface area (Å²) in [5.74, 6) is 1.91. The Bertz CT molecular complexity index is 278. The van der Waals surface area contributed by atoms with E-state index in [4.69, 9.17) is 0 Å². The summed E-state index contributed by atoms with van der Waals surface area (Å²) in [7, 11) is 4.23. The van der Waals surface area contributed by atoms with Gasteiger partial charge in [-0.2, -0.15) is 0 Å².